The number of amides is 1. The van der Waals surface area contributed by atoms with Gasteiger partial charge in [0.15, 0.2) is 0 Å². The molecule has 3 heteroatoms. The fourth-order valence-corrected chi connectivity index (χ4v) is 4.08. The van der Waals surface area contributed by atoms with E-state index in [0.717, 1.165) is 23.2 Å². The predicted molar refractivity (Wildman–Crippen MR) is 86.7 cm³/mol. The van der Waals surface area contributed by atoms with Crippen molar-refractivity contribution in [2.45, 2.75) is 38.1 Å². The summed E-state index contributed by atoms with van der Waals surface area (Å²) in [6.45, 7) is 2.31. The molecule has 1 aliphatic carbocycles. The fraction of sp³-hybridized carbons (Fsp3) is 0.368. The third-order valence-corrected chi connectivity index (χ3v) is 5.15. The van der Waals surface area contributed by atoms with Gasteiger partial charge in [0, 0.05) is 29.3 Å². The van der Waals surface area contributed by atoms with Crippen molar-refractivity contribution in [2.24, 2.45) is 5.92 Å². The number of hydrogen-bond acceptors (Lipinski definition) is 2. The smallest absolute Gasteiger partial charge is 0.251 e. The van der Waals surface area contributed by atoms with E-state index in [9.17, 15) is 4.79 Å². The normalized spacial score (nSPS) is 26.8. The van der Waals surface area contributed by atoms with Gasteiger partial charge in [0.25, 0.3) is 5.91 Å². The zero-order valence-corrected chi connectivity index (χ0v) is 12.8. The van der Waals surface area contributed by atoms with Gasteiger partial charge in [-0.25, -0.2) is 0 Å². The van der Waals surface area contributed by atoms with E-state index in [-0.39, 0.29) is 5.91 Å². The van der Waals surface area contributed by atoms with Crippen LogP contribution < -0.4 is 5.32 Å². The number of hydrogen-bond donors (Lipinski definition) is 1. The van der Waals surface area contributed by atoms with E-state index in [2.05, 4.69) is 23.3 Å². The van der Waals surface area contributed by atoms with Gasteiger partial charge in [0.05, 0.1) is 5.69 Å². The first-order valence-corrected chi connectivity index (χ1v) is 8.10. The molecule has 3 nitrogen and oxygen atoms in total. The monoisotopic (exact) mass is 292 g/mol. The van der Waals surface area contributed by atoms with Crippen LogP contribution in [0.15, 0.2) is 42.6 Å². The largest absolute Gasteiger partial charge is 0.349 e. The molecule has 0 radical (unpaired) electrons. The van der Waals surface area contributed by atoms with Gasteiger partial charge in [-0.2, -0.15) is 0 Å². The lowest BCUT2D eigenvalue weighted by atomic mass is 9.70. The summed E-state index contributed by atoms with van der Waals surface area (Å²) in [5.74, 6) is 1.13. The number of fused-ring (bicyclic) bond motifs is 3. The van der Waals surface area contributed by atoms with E-state index < -0.39 is 0 Å². The average Bonchev–Trinajstić information content (AvgIpc) is 2.55. The molecule has 1 aromatic carbocycles. The van der Waals surface area contributed by atoms with Crippen LogP contribution in [0.4, 0.5) is 0 Å². The summed E-state index contributed by atoms with van der Waals surface area (Å²) in [6, 6.07) is 12.4. The molecule has 1 saturated carbocycles. The zero-order chi connectivity index (χ0) is 15.1. The minimum absolute atomic E-state index is 0.0814. The van der Waals surface area contributed by atoms with Crippen molar-refractivity contribution in [3.8, 4) is 11.3 Å². The van der Waals surface area contributed by atoms with Gasteiger partial charge in [-0.3, -0.25) is 9.78 Å². The van der Waals surface area contributed by atoms with Crippen molar-refractivity contribution in [2.75, 3.05) is 0 Å². The molecule has 2 heterocycles. The number of nitrogens with zero attached hydrogens (tertiary/aromatic N) is 1. The Morgan fingerprint density at radius 1 is 1.18 bits per heavy atom. The van der Waals surface area contributed by atoms with Crippen molar-refractivity contribution in [3.05, 3.63) is 53.7 Å². The maximum atomic E-state index is 12.4. The highest BCUT2D eigenvalue weighted by Crippen LogP contribution is 2.42. The Morgan fingerprint density at radius 3 is 2.91 bits per heavy atom. The van der Waals surface area contributed by atoms with Crippen LogP contribution in [0.2, 0.25) is 0 Å². The Labute approximate surface area is 130 Å². The van der Waals surface area contributed by atoms with E-state index in [1.165, 1.54) is 18.4 Å². The molecule has 2 aliphatic rings. The van der Waals surface area contributed by atoms with Gasteiger partial charge in [-0.05, 0) is 48.6 Å². The minimum atomic E-state index is 0.0814. The quantitative estimate of drug-likeness (QED) is 0.869. The molecule has 3 unspecified atom stereocenters. The lowest BCUT2D eigenvalue weighted by Gasteiger charge is -2.41. The first kappa shape index (κ1) is 13.5. The summed E-state index contributed by atoms with van der Waals surface area (Å²) in [5.41, 5.74) is 4.13. The van der Waals surface area contributed by atoms with Gasteiger partial charge in [-0.1, -0.05) is 25.5 Å². The SMILES string of the molecule is CC1CCCC2NC(=O)c3ccc(-c4ccccn4)cc3C12. The van der Waals surface area contributed by atoms with E-state index in [4.69, 9.17) is 0 Å². The second-order valence-corrected chi connectivity index (χ2v) is 6.53. The summed E-state index contributed by atoms with van der Waals surface area (Å²) in [4.78, 5) is 16.8. The molecule has 4 rings (SSSR count). The third-order valence-electron chi connectivity index (χ3n) is 5.15. The Hall–Kier alpha value is -2.16. The van der Waals surface area contributed by atoms with Crippen LogP contribution in [0.1, 0.15) is 48.0 Å². The Morgan fingerprint density at radius 2 is 2.09 bits per heavy atom. The molecule has 1 amide bonds. The second-order valence-electron chi connectivity index (χ2n) is 6.53. The maximum Gasteiger partial charge on any atom is 0.251 e. The first-order valence-electron chi connectivity index (χ1n) is 8.10. The minimum Gasteiger partial charge on any atom is -0.349 e. The van der Waals surface area contributed by atoms with E-state index in [1.807, 2.05) is 36.5 Å². The Bertz CT molecular complexity index is 711. The number of pyridine rings is 1. The van der Waals surface area contributed by atoms with Crippen LogP contribution >= 0.6 is 0 Å². The standard InChI is InChI=1S/C19H20N2O/c1-12-5-4-7-17-18(12)15-11-13(16-6-2-3-10-20-16)8-9-14(15)19(22)21-17/h2-3,6,8-12,17-18H,4-5,7H2,1H3,(H,21,22). The number of aromatic nitrogens is 1. The first-order chi connectivity index (χ1) is 10.7. The summed E-state index contributed by atoms with van der Waals surface area (Å²) >= 11 is 0. The number of nitrogens with one attached hydrogen (secondary N) is 1. The molecular formula is C19H20N2O. The zero-order valence-electron chi connectivity index (χ0n) is 12.8. The van der Waals surface area contributed by atoms with Crippen molar-refractivity contribution in [1.29, 1.82) is 0 Å². The molecule has 1 aliphatic heterocycles. The van der Waals surface area contributed by atoms with Crippen LogP contribution in [0.25, 0.3) is 11.3 Å². The average molecular weight is 292 g/mol. The van der Waals surface area contributed by atoms with Crippen LogP contribution in [0.3, 0.4) is 0 Å². The van der Waals surface area contributed by atoms with Crippen molar-refractivity contribution >= 4 is 5.91 Å². The van der Waals surface area contributed by atoms with Gasteiger partial charge in [0.2, 0.25) is 0 Å². The summed E-state index contributed by atoms with van der Waals surface area (Å²) in [7, 11) is 0. The molecule has 0 saturated heterocycles. The van der Waals surface area contributed by atoms with Crippen LogP contribution in [-0.2, 0) is 0 Å². The van der Waals surface area contributed by atoms with Gasteiger partial charge in [0.1, 0.15) is 0 Å². The lowest BCUT2D eigenvalue weighted by Crippen LogP contribution is -2.48. The van der Waals surface area contributed by atoms with Gasteiger partial charge < -0.3 is 5.32 Å². The molecular weight excluding hydrogens is 272 g/mol. The van der Waals surface area contributed by atoms with Gasteiger partial charge in [-0.15, -0.1) is 0 Å². The molecule has 112 valence electrons. The summed E-state index contributed by atoms with van der Waals surface area (Å²) in [5, 5.41) is 3.21. The van der Waals surface area contributed by atoms with Crippen molar-refractivity contribution in [1.82, 2.24) is 10.3 Å². The topological polar surface area (TPSA) is 42.0 Å². The third kappa shape index (κ3) is 2.12. The van der Waals surface area contributed by atoms with Crippen LogP contribution in [0.5, 0.6) is 0 Å². The number of benzene rings is 1. The molecule has 0 spiro atoms. The maximum absolute atomic E-state index is 12.4. The van der Waals surface area contributed by atoms with Crippen LogP contribution in [-0.4, -0.2) is 16.9 Å². The molecule has 22 heavy (non-hydrogen) atoms. The predicted octanol–water partition coefficient (Wildman–Crippen LogP) is 3.76. The number of rotatable bonds is 1. The summed E-state index contributed by atoms with van der Waals surface area (Å²) < 4.78 is 0. The highest BCUT2D eigenvalue weighted by atomic mass is 16.1. The molecule has 1 aromatic heterocycles. The second kappa shape index (κ2) is 5.24. The van der Waals surface area contributed by atoms with Crippen molar-refractivity contribution < 1.29 is 4.79 Å². The molecule has 1 N–H and O–H groups in total. The molecule has 1 fully saturated rings. The highest BCUT2D eigenvalue weighted by molar-refractivity contribution is 5.98. The number of carbonyl (C=O) groups excluding carboxylic acids is 1. The fourth-order valence-electron chi connectivity index (χ4n) is 4.08. The number of carbonyl (C=O) groups is 1. The molecule has 3 atom stereocenters. The highest BCUT2D eigenvalue weighted by Gasteiger charge is 2.38. The van der Waals surface area contributed by atoms with Crippen LogP contribution in [0, 0.1) is 5.92 Å². The molecule has 0 bridgehead atoms. The van der Waals surface area contributed by atoms with E-state index in [1.54, 1.807) is 0 Å². The van der Waals surface area contributed by atoms with Gasteiger partial charge >= 0.3 is 0 Å². The molecule has 2 aromatic rings. The lowest BCUT2D eigenvalue weighted by molar-refractivity contribution is 0.0884. The summed E-state index contributed by atoms with van der Waals surface area (Å²) in [6.07, 6.45) is 5.35. The Balaban J connectivity index is 1.83. The Kier molecular flexibility index (Phi) is 3.21. The van der Waals surface area contributed by atoms with E-state index >= 15 is 0 Å². The van der Waals surface area contributed by atoms with Crippen molar-refractivity contribution in [3.63, 3.8) is 0 Å². The van der Waals surface area contributed by atoms with E-state index in [0.29, 0.717) is 17.9 Å².